The second-order valence-electron chi connectivity index (χ2n) is 12.5. The molecule has 1 heteroatoms. The molecule has 0 aliphatic heterocycles. The molecule has 0 radical (unpaired) electrons. The largest absolute Gasteiger partial charge is 0.135 e. The van der Waals surface area contributed by atoms with E-state index in [0.29, 0.717) is 5.92 Å². The molecule has 0 nitrogen and oxygen atoms in total. The van der Waals surface area contributed by atoms with E-state index in [0.717, 1.165) is 6.42 Å². The predicted octanol–water partition coefficient (Wildman–Crippen LogP) is 10.8. The maximum absolute atomic E-state index is 2.50. The molecule has 0 saturated heterocycles. The molecule has 9 rings (SSSR count). The second-order valence-corrected chi connectivity index (χ2v) is 13.6. The molecule has 0 amide bonds. The second kappa shape index (κ2) is 8.18. The fourth-order valence-electron chi connectivity index (χ4n) is 7.90. The third-order valence-electron chi connectivity index (χ3n) is 9.85. The first kappa shape index (κ1) is 23.5. The number of thiophene rings is 1. The number of rotatable bonds is 2. The van der Waals surface area contributed by atoms with Crippen LogP contribution in [0, 0.1) is 6.92 Å². The van der Waals surface area contributed by atoms with Gasteiger partial charge in [0.15, 0.2) is 0 Å². The zero-order valence-electron chi connectivity index (χ0n) is 23.6. The van der Waals surface area contributed by atoms with Gasteiger partial charge in [-0.05, 0) is 97.7 Å². The van der Waals surface area contributed by atoms with Crippen molar-refractivity contribution < 1.29 is 0 Å². The number of hydrogen-bond acceptors (Lipinski definition) is 1. The van der Waals surface area contributed by atoms with E-state index in [1.807, 2.05) is 11.3 Å². The summed E-state index contributed by atoms with van der Waals surface area (Å²) in [5.74, 6) is 0.311. The number of fused-ring (bicyclic) bond motifs is 5. The van der Waals surface area contributed by atoms with Crippen LogP contribution < -0.4 is 0 Å². The molecule has 41 heavy (non-hydrogen) atoms. The van der Waals surface area contributed by atoms with Crippen molar-refractivity contribution in [2.24, 2.45) is 0 Å². The Kier molecular flexibility index (Phi) is 4.69. The van der Waals surface area contributed by atoms with E-state index in [1.54, 1.807) is 0 Å². The van der Waals surface area contributed by atoms with E-state index in [9.17, 15) is 0 Å². The first-order valence-corrected chi connectivity index (χ1v) is 15.5. The molecule has 0 fully saturated rings. The minimum absolute atomic E-state index is 0.0292. The minimum Gasteiger partial charge on any atom is -0.135 e. The lowest BCUT2D eigenvalue weighted by Gasteiger charge is -2.36. The Morgan fingerprint density at radius 2 is 1.66 bits per heavy atom. The van der Waals surface area contributed by atoms with Gasteiger partial charge in [-0.1, -0.05) is 117 Å². The van der Waals surface area contributed by atoms with Crippen LogP contribution >= 0.6 is 11.3 Å². The molecule has 196 valence electrons. The minimum atomic E-state index is -0.0292. The molecule has 4 aromatic carbocycles. The summed E-state index contributed by atoms with van der Waals surface area (Å²) in [7, 11) is 0. The smallest absolute Gasteiger partial charge is 0.0399 e. The van der Waals surface area contributed by atoms with Gasteiger partial charge in [0.25, 0.3) is 0 Å². The van der Waals surface area contributed by atoms with Crippen molar-refractivity contribution >= 4 is 33.1 Å². The van der Waals surface area contributed by atoms with Crippen LogP contribution in [-0.2, 0) is 11.8 Å². The highest BCUT2D eigenvalue weighted by Crippen LogP contribution is 2.57. The Labute approximate surface area is 245 Å². The quantitative estimate of drug-likeness (QED) is 0.208. The van der Waals surface area contributed by atoms with Crippen molar-refractivity contribution in [1.82, 2.24) is 0 Å². The van der Waals surface area contributed by atoms with Crippen LogP contribution in [-0.4, -0.2) is 0 Å². The van der Waals surface area contributed by atoms with Gasteiger partial charge in [0.2, 0.25) is 0 Å². The first-order chi connectivity index (χ1) is 20.0. The van der Waals surface area contributed by atoms with Crippen LogP contribution in [0.1, 0.15) is 58.7 Å². The third-order valence-corrected chi connectivity index (χ3v) is 11.1. The molecule has 4 aliphatic rings. The molecule has 1 heterocycles. The topological polar surface area (TPSA) is 0 Å². The lowest BCUT2D eigenvalue weighted by atomic mass is 9.67. The predicted molar refractivity (Wildman–Crippen MR) is 176 cm³/mol. The summed E-state index contributed by atoms with van der Waals surface area (Å²) in [6, 6.07) is 29.8. The van der Waals surface area contributed by atoms with E-state index in [4.69, 9.17) is 0 Å². The maximum Gasteiger partial charge on any atom is 0.0399 e. The van der Waals surface area contributed by atoms with Crippen LogP contribution in [0.4, 0.5) is 0 Å². The Balaban J connectivity index is 1.19. The van der Waals surface area contributed by atoms with Gasteiger partial charge < -0.3 is 0 Å². The summed E-state index contributed by atoms with van der Waals surface area (Å²) >= 11 is 1.96. The van der Waals surface area contributed by atoms with Crippen LogP contribution in [0.3, 0.4) is 0 Å². The lowest BCUT2D eigenvalue weighted by molar-refractivity contribution is 0.667. The molecule has 4 aliphatic carbocycles. The van der Waals surface area contributed by atoms with E-state index < -0.39 is 0 Å². The first-order valence-electron chi connectivity index (χ1n) is 14.7. The number of allylic oxidation sites excluding steroid dienone is 7. The Hall–Kier alpha value is -4.20. The molecule has 0 spiro atoms. The fraction of sp³-hybridized carbons (Fsp3) is 0.150. The molecular weight excluding hydrogens is 513 g/mol. The van der Waals surface area contributed by atoms with Gasteiger partial charge in [-0.3, -0.25) is 0 Å². The van der Waals surface area contributed by atoms with Crippen LogP contribution in [0.25, 0.3) is 43.3 Å². The van der Waals surface area contributed by atoms with Gasteiger partial charge in [0.1, 0.15) is 0 Å². The van der Waals surface area contributed by atoms with Gasteiger partial charge in [-0.25, -0.2) is 0 Å². The van der Waals surface area contributed by atoms with Gasteiger partial charge in [-0.2, -0.15) is 0 Å². The normalized spacial score (nSPS) is 18.8. The van der Waals surface area contributed by atoms with Crippen LogP contribution in [0.15, 0.2) is 114 Å². The molecule has 5 aromatic rings. The lowest BCUT2D eigenvalue weighted by Crippen LogP contribution is -2.20. The van der Waals surface area contributed by atoms with Gasteiger partial charge in [-0.15, -0.1) is 11.3 Å². The van der Waals surface area contributed by atoms with Crippen molar-refractivity contribution in [1.29, 1.82) is 0 Å². The van der Waals surface area contributed by atoms with Gasteiger partial charge in [0, 0.05) is 20.9 Å². The monoisotopic (exact) mass is 542 g/mol. The summed E-state index contributed by atoms with van der Waals surface area (Å²) in [6.45, 7) is 7.04. The standard InChI is InChI=1S/C40H30S/c1-23-9-20-35-33(21-23)38-39(41-35)32-19-14-27(22-34(32)40(38,2)3)29-16-11-26-12-17-30-28(24-7-5-4-6-8-24)15-10-25-13-18-31(29)37(26)36(25)30/h4-11,13-22,36H,12H2,1-3H3. The van der Waals surface area contributed by atoms with Gasteiger partial charge >= 0.3 is 0 Å². The molecule has 1 atom stereocenters. The van der Waals surface area contributed by atoms with E-state index in [2.05, 4.69) is 130 Å². The fourth-order valence-corrected chi connectivity index (χ4v) is 9.29. The number of benzene rings is 4. The number of hydrogen-bond donors (Lipinski definition) is 0. The molecule has 1 unspecified atom stereocenters. The van der Waals surface area contributed by atoms with E-state index in [1.165, 1.54) is 87.3 Å². The average Bonchev–Trinajstić information content (AvgIpc) is 3.48. The Morgan fingerprint density at radius 1 is 0.805 bits per heavy atom. The van der Waals surface area contributed by atoms with Crippen molar-refractivity contribution in [2.45, 2.75) is 38.5 Å². The van der Waals surface area contributed by atoms with Crippen LogP contribution in [0.5, 0.6) is 0 Å². The highest BCUT2D eigenvalue weighted by molar-refractivity contribution is 7.22. The zero-order valence-corrected chi connectivity index (χ0v) is 24.4. The molecular formula is C40H30S. The summed E-state index contributed by atoms with van der Waals surface area (Å²) in [6.07, 6.45) is 12.9. The van der Waals surface area contributed by atoms with Crippen molar-refractivity contribution in [3.05, 3.63) is 153 Å². The van der Waals surface area contributed by atoms with Gasteiger partial charge in [0.05, 0.1) is 0 Å². The summed E-state index contributed by atoms with van der Waals surface area (Å²) < 4.78 is 1.40. The summed E-state index contributed by atoms with van der Waals surface area (Å²) in [5.41, 5.74) is 18.3. The van der Waals surface area contributed by atoms with Crippen molar-refractivity contribution in [3.8, 4) is 21.6 Å². The van der Waals surface area contributed by atoms with Crippen molar-refractivity contribution in [2.75, 3.05) is 0 Å². The van der Waals surface area contributed by atoms with Crippen LogP contribution in [0.2, 0.25) is 0 Å². The van der Waals surface area contributed by atoms with Crippen molar-refractivity contribution in [3.63, 3.8) is 0 Å². The summed E-state index contributed by atoms with van der Waals surface area (Å²) in [5, 5.41) is 1.43. The molecule has 1 aromatic heterocycles. The Bertz CT molecular complexity index is 2090. The maximum atomic E-state index is 2.50. The molecule has 0 bridgehead atoms. The zero-order chi connectivity index (χ0) is 27.5. The van der Waals surface area contributed by atoms with E-state index >= 15 is 0 Å². The summed E-state index contributed by atoms with van der Waals surface area (Å²) in [4.78, 5) is 1.45. The molecule has 0 N–H and O–H groups in total. The SMILES string of the molecule is Cc1ccc2sc3c(c2c1)C(C)(C)c1cc(-c2ccc4c5c2C=CC2=CC=C(c6ccccc6)C(=CC4)C25)ccc1-3. The third kappa shape index (κ3) is 3.16. The molecule has 0 saturated carbocycles. The Morgan fingerprint density at radius 3 is 2.54 bits per heavy atom. The number of aryl methyl sites for hydroxylation is 1. The highest BCUT2D eigenvalue weighted by atomic mass is 32.1. The average molecular weight is 543 g/mol. The van der Waals surface area contributed by atoms with E-state index in [-0.39, 0.29) is 5.41 Å². The highest BCUT2D eigenvalue weighted by Gasteiger charge is 2.39.